The second-order valence-electron chi connectivity index (χ2n) is 8.92. The fraction of sp³-hybridized carbons (Fsp3) is 0.417. The number of halogens is 1. The molecule has 0 bridgehead atoms. The van der Waals surface area contributed by atoms with Crippen LogP contribution in [-0.4, -0.2) is 45.2 Å². The van der Waals surface area contributed by atoms with Crippen molar-refractivity contribution < 1.29 is 19.6 Å². The van der Waals surface area contributed by atoms with Gasteiger partial charge >= 0.3 is 5.97 Å². The van der Waals surface area contributed by atoms with Crippen LogP contribution in [-0.2, 0) is 17.9 Å². The van der Waals surface area contributed by atoms with Crippen molar-refractivity contribution in [2.45, 2.75) is 33.4 Å². The number of aliphatic hydroxyl groups is 1. The van der Waals surface area contributed by atoms with E-state index in [-0.39, 0.29) is 31.0 Å². The van der Waals surface area contributed by atoms with Gasteiger partial charge in [-0.3, -0.25) is 10.1 Å². The average Bonchev–Trinajstić information content (AvgIpc) is 3.13. The lowest BCUT2D eigenvalue weighted by atomic mass is 9.91. The Morgan fingerprint density at radius 1 is 1.24 bits per heavy atom. The zero-order valence-corrected chi connectivity index (χ0v) is 19.9. The van der Waals surface area contributed by atoms with E-state index in [1.54, 1.807) is 34.9 Å². The highest BCUT2D eigenvalue weighted by atomic mass is 35.5. The maximum absolute atomic E-state index is 12.8. The van der Waals surface area contributed by atoms with Gasteiger partial charge in [-0.2, -0.15) is 0 Å². The summed E-state index contributed by atoms with van der Waals surface area (Å²) in [7, 11) is 0. The van der Waals surface area contributed by atoms with E-state index in [1.165, 1.54) is 6.07 Å². The Balaban J connectivity index is 1.55. The highest BCUT2D eigenvalue weighted by Crippen LogP contribution is 2.34. The molecular weight excluding hydrogens is 460 g/mol. The number of aromatic nitrogens is 2. The molecule has 9 nitrogen and oxygen atoms in total. The summed E-state index contributed by atoms with van der Waals surface area (Å²) in [4.78, 5) is 30.6. The standard InChI is InChI=1S/C24H27ClN4O5/c1-15-9-16(2)13-27(12-15)20-6-3-17(10-22(20)29(32)33)24(31)34-14-23-26-19-5-4-18(25)11-21(19)28(23)7-8-30/h3-6,10-11,15-16,30H,7-9,12-14H2,1-2H3/t15-,16-/m1/s1. The molecule has 2 aromatic carbocycles. The van der Waals surface area contributed by atoms with Gasteiger partial charge in [-0.25, -0.2) is 9.78 Å². The number of fused-ring (bicyclic) bond motifs is 1. The van der Waals surface area contributed by atoms with Crippen molar-refractivity contribution in [1.82, 2.24) is 9.55 Å². The molecule has 34 heavy (non-hydrogen) atoms. The zero-order valence-electron chi connectivity index (χ0n) is 19.1. The van der Waals surface area contributed by atoms with Crippen molar-refractivity contribution in [2.75, 3.05) is 24.6 Å². The molecule has 1 N–H and O–H groups in total. The molecule has 1 fully saturated rings. The van der Waals surface area contributed by atoms with Crippen molar-refractivity contribution >= 4 is 40.0 Å². The van der Waals surface area contributed by atoms with E-state index in [2.05, 4.69) is 18.8 Å². The highest BCUT2D eigenvalue weighted by molar-refractivity contribution is 6.31. The quantitative estimate of drug-likeness (QED) is 0.299. The largest absolute Gasteiger partial charge is 0.454 e. The Labute approximate surface area is 202 Å². The fourth-order valence-electron chi connectivity index (χ4n) is 4.74. The third-order valence-corrected chi connectivity index (χ3v) is 6.30. The summed E-state index contributed by atoms with van der Waals surface area (Å²) in [5.41, 5.74) is 1.88. The number of carbonyl (C=O) groups is 1. The number of hydrogen-bond acceptors (Lipinski definition) is 7. The van der Waals surface area contributed by atoms with Crippen LogP contribution in [0.4, 0.5) is 11.4 Å². The number of carbonyl (C=O) groups excluding carboxylic acids is 1. The molecule has 2 heterocycles. The van der Waals surface area contributed by atoms with Crippen LogP contribution < -0.4 is 4.90 Å². The second-order valence-corrected chi connectivity index (χ2v) is 9.36. The predicted molar refractivity (Wildman–Crippen MR) is 129 cm³/mol. The monoisotopic (exact) mass is 486 g/mol. The van der Waals surface area contributed by atoms with E-state index in [0.717, 1.165) is 25.0 Å². The summed E-state index contributed by atoms with van der Waals surface area (Å²) in [6, 6.07) is 9.66. The Morgan fingerprint density at radius 2 is 1.97 bits per heavy atom. The first-order chi connectivity index (χ1) is 16.3. The lowest BCUT2D eigenvalue weighted by Gasteiger charge is -2.36. The van der Waals surface area contributed by atoms with E-state index in [4.69, 9.17) is 16.3 Å². The first kappa shape index (κ1) is 24.0. The number of rotatable bonds is 7. The number of imidazole rings is 1. The third-order valence-electron chi connectivity index (χ3n) is 6.06. The molecule has 1 aliphatic rings. The van der Waals surface area contributed by atoms with Gasteiger partial charge in [0.2, 0.25) is 0 Å². The molecule has 0 saturated carbocycles. The molecule has 0 spiro atoms. The summed E-state index contributed by atoms with van der Waals surface area (Å²) >= 11 is 6.09. The Kier molecular flexibility index (Phi) is 7.04. The number of nitro groups is 1. The first-order valence-electron chi connectivity index (χ1n) is 11.2. The molecule has 10 heteroatoms. The van der Waals surface area contributed by atoms with E-state index < -0.39 is 10.9 Å². The topological polar surface area (TPSA) is 111 Å². The molecule has 0 unspecified atom stereocenters. The van der Waals surface area contributed by atoms with Gasteiger partial charge in [0.15, 0.2) is 0 Å². The number of anilines is 1. The Morgan fingerprint density at radius 3 is 2.65 bits per heavy atom. The highest BCUT2D eigenvalue weighted by Gasteiger charge is 2.28. The Hall–Kier alpha value is -3.17. The lowest BCUT2D eigenvalue weighted by Crippen LogP contribution is -2.39. The number of hydrogen-bond donors (Lipinski definition) is 1. The summed E-state index contributed by atoms with van der Waals surface area (Å²) in [6.07, 6.45) is 1.09. The van der Waals surface area contributed by atoms with E-state index in [1.807, 2.05) is 4.90 Å². The van der Waals surface area contributed by atoms with Gasteiger partial charge in [-0.05, 0) is 48.6 Å². The summed E-state index contributed by atoms with van der Waals surface area (Å²) in [5.74, 6) is 0.625. The van der Waals surface area contributed by atoms with Gasteiger partial charge in [0, 0.05) is 30.7 Å². The first-order valence-corrected chi connectivity index (χ1v) is 11.6. The average molecular weight is 487 g/mol. The van der Waals surface area contributed by atoms with E-state index >= 15 is 0 Å². The molecule has 1 aromatic heterocycles. The smallest absolute Gasteiger partial charge is 0.338 e. The zero-order chi connectivity index (χ0) is 24.4. The summed E-state index contributed by atoms with van der Waals surface area (Å²) in [6.45, 7) is 5.73. The van der Waals surface area contributed by atoms with Crippen molar-refractivity contribution in [3.63, 3.8) is 0 Å². The molecule has 1 aliphatic heterocycles. The molecule has 2 atom stereocenters. The van der Waals surface area contributed by atoms with Gasteiger partial charge in [-0.15, -0.1) is 0 Å². The predicted octanol–water partition coefficient (Wildman–Crippen LogP) is 4.43. The molecule has 0 amide bonds. The van der Waals surface area contributed by atoms with Gasteiger partial charge in [0.25, 0.3) is 5.69 Å². The van der Waals surface area contributed by atoms with Crippen LogP contribution in [0.5, 0.6) is 0 Å². The van der Waals surface area contributed by atoms with Crippen molar-refractivity contribution in [2.24, 2.45) is 11.8 Å². The van der Waals surface area contributed by atoms with Crippen LogP contribution in [0.2, 0.25) is 5.02 Å². The molecule has 3 aromatic rings. The molecule has 180 valence electrons. The minimum Gasteiger partial charge on any atom is -0.454 e. The van der Waals surface area contributed by atoms with Crippen LogP contribution in [0.3, 0.4) is 0 Å². The number of nitrogens with zero attached hydrogens (tertiary/aromatic N) is 4. The van der Waals surface area contributed by atoms with Crippen molar-refractivity contribution in [1.29, 1.82) is 0 Å². The minimum atomic E-state index is -0.685. The van der Waals surface area contributed by atoms with Gasteiger partial charge < -0.3 is 19.3 Å². The van der Waals surface area contributed by atoms with Crippen LogP contribution in [0.1, 0.15) is 36.5 Å². The van der Waals surface area contributed by atoms with Gasteiger partial charge in [-0.1, -0.05) is 25.4 Å². The minimum absolute atomic E-state index is 0.0985. The van der Waals surface area contributed by atoms with Crippen LogP contribution in [0, 0.1) is 22.0 Å². The number of nitro benzene ring substituents is 1. The molecule has 1 saturated heterocycles. The van der Waals surface area contributed by atoms with Crippen molar-refractivity contribution in [3.05, 3.63) is 62.9 Å². The van der Waals surface area contributed by atoms with E-state index in [0.29, 0.717) is 33.9 Å². The number of benzene rings is 2. The lowest BCUT2D eigenvalue weighted by molar-refractivity contribution is -0.384. The third kappa shape index (κ3) is 5.00. The summed E-state index contributed by atoms with van der Waals surface area (Å²) in [5, 5.41) is 21.8. The van der Waals surface area contributed by atoms with Crippen LogP contribution >= 0.6 is 11.6 Å². The summed E-state index contributed by atoms with van der Waals surface area (Å²) < 4.78 is 7.18. The maximum atomic E-state index is 12.8. The normalized spacial score (nSPS) is 18.3. The van der Waals surface area contributed by atoms with Gasteiger partial charge in [0.05, 0.1) is 28.1 Å². The molecular formula is C24H27ClN4O5. The van der Waals surface area contributed by atoms with Crippen LogP contribution in [0.15, 0.2) is 36.4 Å². The van der Waals surface area contributed by atoms with Gasteiger partial charge in [0.1, 0.15) is 18.1 Å². The molecule has 0 radical (unpaired) electrons. The number of ether oxygens (including phenoxy) is 1. The number of piperidine rings is 1. The Bertz CT molecular complexity index is 1220. The molecule has 4 rings (SSSR count). The SMILES string of the molecule is C[C@@H]1C[C@@H](C)CN(c2ccc(C(=O)OCc3nc4ccc(Cl)cc4n3CCO)cc2[N+](=O)[O-])C1. The molecule has 0 aliphatic carbocycles. The second kappa shape index (κ2) is 9.99. The fourth-order valence-corrected chi connectivity index (χ4v) is 4.91. The number of esters is 1. The number of aliphatic hydroxyl groups excluding tert-OH is 1. The van der Waals surface area contributed by atoms with Crippen LogP contribution in [0.25, 0.3) is 11.0 Å². The van der Waals surface area contributed by atoms with Crippen molar-refractivity contribution in [3.8, 4) is 0 Å². The van der Waals surface area contributed by atoms with E-state index in [9.17, 15) is 20.0 Å². The maximum Gasteiger partial charge on any atom is 0.338 e.